The predicted molar refractivity (Wildman–Crippen MR) is 97.9 cm³/mol. The number of rotatable bonds is 6. The lowest BCUT2D eigenvalue weighted by molar-refractivity contribution is -0.124. The summed E-state index contributed by atoms with van der Waals surface area (Å²) in [6.45, 7) is 7.79. The number of aromatic nitrogens is 5. The fourth-order valence-corrected chi connectivity index (χ4v) is 3.47. The highest BCUT2D eigenvalue weighted by Crippen LogP contribution is 2.21. The fraction of sp³-hybridized carbons (Fsp3) is 0.667. The van der Waals surface area contributed by atoms with Crippen LogP contribution >= 0.6 is 0 Å². The number of amides is 1. The van der Waals surface area contributed by atoms with Crippen molar-refractivity contribution in [1.29, 1.82) is 0 Å². The Morgan fingerprint density at radius 2 is 2.19 bits per heavy atom. The number of aryl methyl sites for hydroxylation is 2. The van der Waals surface area contributed by atoms with Gasteiger partial charge in [-0.15, -0.1) is 0 Å². The highest BCUT2D eigenvalue weighted by molar-refractivity contribution is 5.80. The van der Waals surface area contributed by atoms with Gasteiger partial charge in [-0.05, 0) is 25.7 Å². The van der Waals surface area contributed by atoms with Crippen molar-refractivity contribution in [3.63, 3.8) is 0 Å². The van der Waals surface area contributed by atoms with Gasteiger partial charge in [0.25, 0.3) is 0 Å². The van der Waals surface area contributed by atoms with Gasteiger partial charge in [0.1, 0.15) is 17.7 Å². The van der Waals surface area contributed by atoms with Crippen LogP contribution in [0.4, 0.5) is 0 Å². The number of carbonyl (C=O) groups is 1. The van der Waals surface area contributed by atoms with Gasteiger partial charge in [-0.3, -0.25) is 9.36 Å². The first kappa shape index (κ1) is 18.4. The molecule has 0 bridgehead atoms. The number of hydrogen-bond donors (Lipinski definition) is 1. The molecule has 3 rings (SSSR count). The van der Waals surface area contributed by atoms with Gasteiger partial charge in [0.2, 0.25) is 5.91 Å². The molecule has 0 spiro atoms. The third-order valence-corrected chi connectivity index (χ3v) is 4.80. The van der Waals surface area contributed by atoms with Crippen molar-refractivity contribution in [1.82, 2.24) is 29.2 Å². The lowest BCUT2D eigenvalue weighted by Crippen LogP contribution is -2.39. The molecule has 1 unspecified atom stereocenters. The molecule has 0 radical (unpaired) electrons. The van der Waals surface area contributed by atoms with Crippen LogP contribution in [0.2, 0.25) is 0 Å². The van der Waals surface area contributed by atoms with Crippen LogP contribution in [0.3, 0.4) is 0 Å². The average molecular weight is 360 g/mol. The molecule has 0 fully saturated rings. The number of hydrogen-bond acceptors (Lipinski definition) is 4. The molecule has 1 N–H and O–H groups in total. The second kappa shape index (κ2) is 7.88. The van der Waals surface area contributed by atoms with Crippen LogP contribution in [0.25, 0.3) is 0 Å². The number of nitrogens with zero attached hydrogens (tertiary/aromatic N) is 5. The molecule has 1 aliphatic heterocycles. The third kappa shape index (κ3) is 3.89. The lowest BCUT2D eigenvalue weighted by Gasteiger charge is -2.17. The second-order valence-corrected chi connectivity index (χ2v) is 7.37. The number of carbonyl (C=O) groups excluding carboxylic acids is 1. The minimum absolute atomic E-state index is 0.0999. The topological polar surface area (TPSA) is 86.7 Å². The molecule has 0 aromatic carbocycles. The Morgan fingerprint density at radius 1 is 1.38 bits per heavy atom. The summed E-state index contributed by atoms with van der Waals surface area (Å²) in [7, 11) is 0. The molecule has 8 heteroatoms. The summed E-state index contributed by atoms with van der Waals surface area (Å²) >= 11 is 0. The highest BCUT2D eigenvalue weighted by atomic mass is 16.2. The summed E-state index contributed by atoms with van der Waals surface area (Å²) in [5.41, 5.74) is -0.166. The molecular formula is C18H28N6O2. The Labute approximate surface area is 153 Å². The molecular weight excluding hydrogens is 332 g/mol. The van der Waals surface area contributed by atoms with Crippen molar-refractivity contribution in [2.45, 2.75) is 65.6 Å². The maximum atomic E-state index is 12.8. The van der Waals surface area contributed by atoms with Gasteiger partial charge in [-0.1, -0.05) is 20.3 Å². The molecule has 26 heavy (non-hydrogen) atoms. The van der Waals surface area contributed by atoms with E-state index in [-0.39, 0.29) is 11.6 Å². The molecule has 0 aliphatic carbocycles. The van der Waals surface area contributed by atoms with Gasteiger partial charge in [-0.25, -0.2) is 14.5 Å². The third-order valence-electron chi connectivity index (χ3n) is 4.80. The van der Waals surface area contributed by atoms with E-state index in [1.54, 1.807) is 10.8 Å². The standard InChI is InChI=1S/C18H28N6O2/c1-13(2)12-23-18(26)24-15(6-4-5-7-16(24)21-23)17(25)20-9-11-22-10-8-19-14(22)3/h8,10,13,15H,4-7,9,11-12H2,1-3H3,(H,20,25). The molecule has 0 saturated carbocycles. The van der Waals surface area contributed by atoms with E-state index >= 15 is 0 Å². The van der Waals surface area contributed by atoms with E-state index in [4.69, 9.17) is 0 Å². The fourth-order valence-electron chi connectivity index (χ4n) is 3.47. The number of imidazole rings is 1. The van der Waals surface area contributed by atoms with Crippen LogP contribution in [0.1, 0.15) is 50.8 Å². The van der Waals surface area contributed by atoms with Crippen LogP contribution in [0, 0.1) is 12.8 Å². The van der Waals surface area contributed by atoms with Crippen LogP contribution in [0.5, 0.6) is 0 Å². The Balaban J connectivity index is 1.73. The molecule has 0 saturated heterocycles. The minimum atomic E-state index is -0.468. The SMILES string of the molecule is Cc1nccn1CCNC(=O)C1CCCCc2nn(CC(C)C)c(=O)n21. The van der Waals surface area contributed by atoms with Crippen molar-refractivity contribution in [2.75, 3.05) is 6.54 Å². The second-order valence-electron chi connectivity index (χ2n) is 7.37. The van der Waals surface area contributed by atoms with Crippen molar-refractivity contribution in [3.05, 3.63) is 34.5 Å². The zero-order chi connectivity index (χ0) is 18.7. The van der Waals surface area contributed by atoms with E-state index < -0.39 is 6.04 Å². The maximum Gasteiger partial charge on any atom is 0.346 e. The van der Waals surface area contributed by atoms with E-state index in [1.165, 1.54) is 4.68 Å². The van der Waals surface area contributed by atoms with Crippen LogP contribution in [0.15, 0.2) is 17.2 Å². The monoisotopic (exact) mass is 360 g/mol. The van der Waals surface area contributed by atoms with Gasteiger partial charge >= 0.3 is 5.69 Å². The summed E-state index contributed by atoms with van der Waals surface area (Å²) in [6, 6.07) is -0.468. The predicted octanol–water partition coefficient (Wildman–Crippen LogP) is 1.29. The normalized spacial score (nSPS) is 17.2. The zero-order valence-corrected chi connectivity index (χ0v) is 15.8. The molecule has 2 aromatic heterocycles. The molecule has 2 aromatic rings. The molecule has 3 heterocycles. The summed E-state index contributed by atoms with van der Waals surface area (Å²) in [5.74, 6) is 1.88. The Morgan fingerprint density at radius 3 is 2.88 bits per heavy atom. The Hall–Kier alpha value is -2.38. The molecule has 1 atom stereocenters. The van der Waals surface area contributed by atoms with Gasteiger partial charge in [0.15, 0.2) is 0 Å². The van der Waals surface area contributed by atoms with Gasteiger partial charge in [0, 0.05) is 38.4 Å². The highest BCUT2D eigenvalue weighted by Gasteiger charge is 2.29. The molecule has 8 nitrogen and oxygen atoms in total. The summed E-state index contributed by atoms with van der Waals surface area (Å²) in [4.78, 5) is 29.7. The summed E-state index contributed by atoms with van der Waals surface area (Å²) < 4.78 is 5.12. The minimum Gasteiger partial charge on any atom is -0.353 e. The van der Waals surface area contributed by atoms with Crippen LogP contribution < -0.4 is 11.0 Å². The first-order chi connectivity index (χ1) is 12.5. The number of nitrogens with one attached hydrogen (secondary N) is 1. The Bertz CT molecular complexity index is 816. The molecule has 142 valence electrons. The van der Waals surface area contributed by atoms with E-state index in [2.05, 4.69) is 29.2 Å². The largest absolute Gasteiger partial charge is 0.353 e. The maximum absolute atomic E-state index is 12.8. The average Bonchev–Trinajstić information content (AvgIpc) is 3.03. The van der Waals surface area contributed by atoms with E-state index in [9.17, 15) is 9.59 Å². The smallest absolute Gasteiger partial charge is 0.346 e. The van der Waals surface area contributed by atoms with E-state index in [0.717, 1.165) is 30.9 Å². The first-order valence-electron chi connectivity index (χ1n) is 9.41. The van der Waals surface area contributed by atoms with Gasteiger partial charge in [0.05, 0.1) is 0 Å². The van der Waals surface area contributed by atoms with Crippen LogP contribution in [-0.2, 0) is 24.3 Å². The van der Waals surface area contributed by atoms with Crippen molar-refractivity contribution >= 4 is 5.91 Å². The zero-order valence-electron chi connectivity index (χ0n) is 15.8. The quantitative estimate of drug-likeness (QED) is 0.841. The molecule has 1 amide bonds. The molecule has 1 aliphatic rings. The van der Waals surface area contributed by atoms with Crippen molar-refractivity contribution in [2.24, 2.45) is 5.92 Å². The van der Waals surface area contributed by atoms with Gasteiger partial charge in [-0.2, -0.15) is 5.10 Å². The van der Waals surface area contributed by atoms with E-state index in [0.29, 0.717) is 32.0 Å². The van der Waals surface area contributed by atoms with Crippen LogP contribution in [-0.4, -0.2) is 36.4 Å². The van der Waals surface area contributed by atoms with Gasteiger partial charge < -0.3 is 9.88 Å². The van der Waals surface area contributed by atoms with E-state index in [1.807, 2.05) is 17.7 Å². The summed E-state index contributed by atoms with van der Waals surface area (Å²) in [5, 5.41) is 7.47. The summed E-state index contributed by atoms with van der Waals surface area (Å²) in [6.07, 6.45) is 6.94. The van der Waals surface area contributed by atoms with Crippen molar-refractivity contribution < 1.29 is 4.79 Å². The number of fused-ring (bicyclic) bond motifs is 1. The Kier molecular flexibility index (Phi) is 5.58. The first-order valence-corrected chi connectivity index (χ1v) is 9.41. The van der Waals surface area contributed by atoms with Crippen molar-refractivity contribution in [3.8, 4) is 0 Å². The lowest BCUT2D eigenvalue weighted by atomic mass is 10.1.